The zero-order valence-electron chi connectivity index (χ0n) is 25.2. The molecule has 4 rings (SSSR count). The molecule has 1 N–H and O–H groups in total. The van der Waals surface area contributed by atoms with Crippen LogP contribution in [0.1, 0.15) is 120 Å². The first-order valence-corrected chi connectivity index (χ1v) is 18.6. The molecular formula is C33H60O2Si. The van der Waals surface area contributed by atoms with Gasteiger partial charge in [-0.25, -0.2) is 0 Å². The van der Waals surface area contributed by atoms with E-state index in [-0.39, 0.29) is 17.6 Å². The molecule has 2 nitrogen and oxygen atoms in total. The highest BCUT2D eigenvalue weighted by atomic mass is 28.4. The Balaban J connectivity index is 1.66. The van der Waals surface area contributed by atoms with Crippen molar-refractivity contribution in [3.05, 3.63) is 11.6 Å². The Hall–Kier alpha value is -0.123. The highest BCUT2D eigenvalue weighted by Crippen LogP contribution is 2.68. The van der Waals surface area contributed by atoms with Gasteiger partial charge in [0.1, 0.15) is 0 Å². The van der Waals surface area contributed by atoms with Crippen molar-refractivity contribution >= 4 is 8.32 Å². The first kappa shape index (κ1) is 28.9. The lowest BCUT2D eigenvalue weighted by atomic mass is 9.46. The van der Waals surface area contributed by atoms with E-state index >= 15 is 0 Å². The maximum atomic E-state index is 10.6. The summed E-state index contributed by atoms with van der Waals surface area (Å²) in [4.78, 5) is 0. The quantitative estimate of drug-likeness (QED) is 0.231. The Labute approximate surface area is 225 Å². The minimum absolute atomic E-state index is 0.150. The molecule has 0 radical (unpaired) electrons. The van der Waals surface area contributed by atoms with E-state index in [0.717, 1.165) is 42.4 Å². The molecule has 3 saturated carbocycles. The van der Waals surface area contributed by atoms with E-state index in [0.29, 0.717) is 11.3 Å². The second-order valence-corrected chi connectivity index (χ2v) is 19.4. The van der Waals surface area contributed by atoms with Crippen LogP contribution in [0.3, 0.4) is 0 Å². The van der Waals surface area contributed by atoms with Crippen molar-refractivity contribution in [2.75, 3.05) is 0 Å². The summed E-state index contributed by atoms with van der Waals surface area (Å²) in [5.74, 6) is 4.78. The zero-order chi connectivity index (χ0) is 26.3. The van der Waals surface area contributed by atoms with Crippen LogP contribution in [0.2, 0.25) is 18.1 Å². The summed E-state index contributed by atoms with van der Waals surface area (Å²) < 4.78 is 7.45. The zero-order valence-corrected chi connectivity index (χ0v) is 26.2. The summed E-state index contributed by atoms with van der Waals surface area (Å²) in [7, 11) is -1.72. The van der Waals surface area contributed by atoms with Crippen LogP contribution in [0.25, 0.3) is 0 Å². The van der Waals surface area contributed by atoms with Gasteiger partial charge in [-0.2, -0.15) is 0 Å². The molecule has 3 heteroatoms. The van der Waals surface area contributed by atoms with E-state index < -0.39 is 8.32 Å². The van der Waals surface area contributed by atoms with Gasteiger partial charge in [-0.15, -0.1) is 0 Å². The fourth-order valence-corrected chi connectivity index (χ4v) is 12.8. The molecule has 0 spiro atoms. The van der Waals surface area contributed by atoms with Crippen LogP contribution in [-0.2, 0) is 4.43 Å². The minimum atomic E-state index is -1.72. The molecule has 0 heterocycles. The van der Waals surface area contributed by atoms with Gasteiger partial charge in [0.2, 0.25) is 0 Å². The van der Waals surface area contributed by atoms with Gasteiger partial charge in [-0.05, 0) is 109 Å². The Kier molecular flexibility index (Phi) is 8.95. The molecule has 0 aliphatic heterocycles. The van der Waals surface area contributed by atoms with E-state index in [1.165, 1.54) is 69.5 Å². The van der Waals surface area contributed by atoms with E-state index in [4.69, 9.17) is 4.43 Å². The third-order valence-corrected chi connectivity index (χ3v) is 17.2. The van der Waals surface area contributed by atoms with Crippen molar-refractivity contribution < 1.29 is 9.53 Å². The van der Waals surface area contributed by atoms with Crippen molar-refractivity contribution in [3.8, 4) is 0 Å². The van der Waals surface area contributed by atoms with E-state index in [1.807, 2.05) is 0 Å². The number of aliphatic hydroxyl groups is 1. The number of hydrogen-bond donors (Lipinski definition) is 1. The van der Waals surface area contributed by atoms with Crippen LogP contribution >= 0.6 is 0 Å². The van der Waals surface area contributed by atoms with Gasteiger partial charge >= 0.3 is 0 Å². The van der Waals surface area contributed by atoms with Crippen molar-refractivity contribution in [3.63, 3.8) is 0 Å². The summed E-state index contributed by atoms with van der Waals surface area (Å²) in [6, 6.07) is 3.69. The van der Waals surface area contributed by atoms with Gasteiger partial charge < -0.3 is 9.53 Å². The standard InChI is InChI=1S/C33H60O2Si/c1-9-36(10-2,11-3)35-30-22-25-21-26(34)17-19-32(25,7)29-18-20-33(8)27(15-16-28(33)31(29)30)24(6)14-12-13-23(4)5/h22-24,26-31,34H,9-21H2,1-8H3/t24-,26+,27-,28+,29+,30+,31+,32+,33-/m1/s1. The number of fused-ring (bicyclic) bond motifs is 5. The largest absolute Gasteiger partial charge is 0.410 e. The molecule has 3 fully saturated rings. The van der Waals surface area contributed by atoms with E-state index in [9.17, 15) is 5.11 Å². The molecule has 0 saturated heterocycles. The third kappa shape index (κ3) is 5.08. The van der Waals surface area contributed by atoms with Gasteiger partial charge in [0.15, 0.2) is 8.32 Å². The van der Waals surface area contributed by atoms with Crippen LogP contribution in [0.4, 0.5) is 0 Å². The van der Waals surface area contributed by atoms with Crippen LogP contribution in [0.15, 0.2) is 11.6 Å². The van der Waals surface area contributed by atoms with Gasteiger partial charge in [-0.3, -0.25) is 0 Å². The molecule has 0 bridgehead atoms. The summed E-state index contributed by atoms with van der Waals surface area (Å²) in [5.41, 5.74) is 2.31. The molecule has 9 atom stereocenters. The predicted octanol–water partition coefficient (Wildman–Crippen LogP) is 9.39. The van der Waals surface area contributed by atoms with Gasteiger partial charge in [0.05, 0.1) is 12.2 Å². The summed E-state index contributed by atoms with van der Waals surface area (Å²) >= 11 is 0. The monoisotopic (exact) mass is 516 g/mol. The highest BCUT2D eigenvalue weighted by molar-refractivity contribution is 6.73. The average Bonchev–Trinajstić information content (AvgIpc) is 3.20. The average molecular weight is 517 g/mol. The lowest BCUT2D eigenvalue weighted by Crippen LogP contribution is -2.57. The molecule has 0 amide bonds. The fourth-order valence-electron chi connectivity index (χ4n) is 10.0. The predicted molar refractivity (Wildman–Crippen MR) is 157 cm³/mol. The Bertz CT molecular complexity index is 763. The van der Waals surface area contributed by atoms with Crippen LogP contribution in [0, 0.1) is 46.3 Å². The third-order valence-electron chi connectivity index (χ3n) is 12.6. The highest BCUT2D eigenvalue weighted by Gasteiger charge is 2.62. The van der Waals surface area contributed by atoms with Gasteiger partial charge in [-0.1, -0.05) is 86.3 Å². The van der Waals surface area contributed by atoms with Crippen LogP contribution in [0.5, 0.6) is 0 Å². The first-order chi connectivity index (χ1) is 17.0. The second kappa shape index (κ2) is 11.2. The number of rotatable bonds is 10. The molecule has 4 aliphatic carbocycles. The van der Waals surface area contributed by atoms with Gasteiger partial charge in [0.25, 0.3) is 0 Å². The summed E-state index contributed by atoms with van der Waals surface area (Å²) in [6.07, 6.45) is 15.6. The van der Waals surface area contributed by atoms with E-state index in [1.54, 1.807) is 5.57 Å². The number of hydrogen-bond acceptors (Lipinski definition) is 2. The SMILES string of the molecule is CC[Si](CC)(CC)O[C@H]1C=C2C[C@@H](O)CC[C@]2(C)[C@H]2CC[C@]3(C)[C@@H]([C@H](C)CCCC(C)C)CC[C@H]3[C@H]12. The Morgan fingerprint density at radius 2 is 1.64 bits per heavy atom. The lowest BCUT2D eigenvalue weighted by Gasteiger charge is -2.60. The molecule has 0 aromatic rings. The molecule has 0 aromatic heterocycles. The van der Waals surface area contributed by atoms with Crippen LogP contribution in [-0.4, -0.2) is 25.6 Å². The Morgan fingerprint density at radius 1 is 0.944 bits per heavy atom. The van der Waals surface area contributed by atoms with Crippen molar-refractivity contribution in [2.45, 2.75) is 150 Å². The second-order valence-electron chi connectivity index (χ2n) is 14.7. The first-order valence-electron chi connectivity index (χ1n) is 16.1. The summed E-state index contributed by atoms with van der Waals surface area (Å²) in [6.45, 7) is 19.8. The maximum absolute atomic E-state index is 10.6. The topological polar surface area (TPSA) is 29.5 Å². The normalized spacial score (nSPS) is 41.4. The van der Waals surface area contributed by atoms with Crippen molar-refractivity contribution in [1.29, 1.82) is 0 Å². The Morgan fingerprint density at radius 3 is 2.28 bits per heavy atom. The molecule has 36 heavy (non-hydrogen) atoms. The summed E-state index contributed by atoms with van der Waals surface area (Å²) in [5, 5.41) is 10.6. The smallest absolute Gasteiger partial charge is 0.192 e. The van der Waals surface area contributed by atoms with E-state index in [2.05, 4.69) is 61.5 Å². The minimum Gasteiger partial charge on any atom is -0.410 e. The maximum Gasteiger partial charge on any atom is 0.192 e. The number of aliphatic hydroxyl groups excluding tert-OH is 1. The van der Waals surface area contributed by atoms with Gasteiger partial charge in [0, 0.05) is 0 Å². The molecule has 4 aliphatic rings. The molecule has 0 aromatic carbocycles. The fraction of sp³-hybridized carbons (Fsp3) is 0.939. The lowest BCUT2D eigenvalue weighted by molar-refractivity contribution is -0.0935. The molecular weight excluding hydrogens is 456 g/mol. The van der Waals surface area contributed by atoms with Crippen LogP contribution < -0.4 is 0 Å². The molecule has 0 unspecified atom stereocenters. The van der Waals surface area contributed by atoms with Crippen molar-refractivity contribution in [2.24, 2.45) is 46.3 Å². The molecule has 208 valence electrons. The van der Waals surface area contributed by atoms with Crippen molar-refractivity contribution in [1.82, 2.24) is 0 Å².